The van der Waals surface area contributed by atoms with Gasteiger partial charge in [-0.05, 0) is 19.1 Å². The van der Waals surface area contributed by atoms with E-state index in [1.54, 1.807) is 0 Å². The summed E-state index contributed by atoms with van der Waals surface area (Å²) >= 11 is 7.61. The molecule has 0 spiro atoms. The number of aromatic nitrogens is 2. The second-order valence-corrected chi connectivity index (χ2v) is 9.56. The van der Waals surface area contributed by atoms with Crippen LogP contribution in [0.15, 0.2) is 30.3 Å². The largest absolute Gasteiger partial charge is 0.294 e. The van der Waals surface area contributed by atoms with Gasteiger partial charge in [-0.2, -0.15) is 5.10 Å². The van der Waals surface area contributed by atoms with Crippen LogP contribution >= 0.6 is 31.9 Å². The Morgan fingerprint density at radius 3 is 2.43 bits per heavy atom. The normalized spacial score (nSPS) is 19.4. The van der Waals surface area contributed by atoms with E-state index in [9.17, 15) is 4.79 Å². The number of fused-ring (bicyclic) bond motifs is 1. The Labute approximate surface area is 141 Å². The van der Waals surface area contributed by atoms with Crippen LogP contribution in [0.2, 0.25) is 0 Å². The summed E-state index contributed by atoms with van der Waals surface area (Å²) in [6, 6.07) is 9.90. The minimum absolute atomic E-state index is 0.157. The lowest BCUT2D eigenvalue weighted by atomic mass is 9.75. The Kier molecular flexibility index (Phi) is 3.41. The third-order valence-corrected chi connectivity index (χ3v) is 6.99. The fourth-order valence-electron chi connectivity index (χ4n) is 2.83. The minimum Gasteiger partial charge on any atom is -0.294 e. The minimum atomic E-state index is -0.493. The third-order valence-electron chi connectivity index (χ3n) is 4.09. The van der Waals surface area contributed by atoms with E-state index in [2.05, 4.69) is 50.8 Å². The molecule has 0 N–H and O–H groups in total. The maximum absolute atomic E-state index is 12.6. The fourth-order valence-corrected chi connectivity index (χ4v) is 3.84. The molecule has 3 nitrogen and oxygen atoms in total. The van der Waals surface area contributed by atoms with Crippen LogP contribution in [-0.2, 0) is 3.23 Å². The zero-order valence-corrected chi connectivity index (χ0v) is 15.3. The Hall–Kier alpha value is -0.940. The van der Waals surface area contributed by atoms with Gasteiger partial charge in [0, 0.05) is 11.8 Å². The summed E-state index contributed by atoms with van der Waals surface area (Å²) in [5.41, 5.74) is 3.09. The molecule has 3 rings (SSSR count). The van der Waals surface area contributed by atoms with Crippen molar-refractivity contribution in [2.24, 2.45) is 5.41 Å². The van der Waals surface area contributed by atoms with E-state index >= 15 is 0 Å². The molecule has 1 aromatic heterocycles. The Morgan fingerprint density at radius 1 is 1.19 bits per heavy atom. The predicted octanol–water partition coefficient (Wildman–Crippen LogP) is 4.74. The Morgan fingerprint density at radius 2 is 1.81 bits per heavy atom. The molecule has 110 valence electrons. The first-order valence-electron chi connectivity index (χ1n) is 6.82. The highest BCUT2D eigenvalue weighted by molar-refractivity contribution is 9.24. The molecule has 1 aliphatic carbocycles. The van der Waals surface area contributed by atoms with Crippen LogP contribution in [0.1, 0.15) is 42.0 Å². The molecule has 1 aliphatic rings. The number of benzene rings is 1. The summed E-state index contributed by atoms with van der Waals surface area (Å²) in [6.45, 7) is 6.05. The molecule has 0 fully saturated rings. The van der Waals surface area contributed by atoms with E-state index in [-0.39, 0.29) is 11.2 Å². The molecule has 0 aliphatic heterocycles. The van der Waals surface area contributed by atoms with Crippen LogP contribution in [-0.4, -0.2) is 15.6 Å². The van der Waals surface area contributed by atoms with Crippen molar-refractivity contribution in [3.8, 4) is 5.69 Å². The average molecular weight is 412 g/mol. The number of para-hydroxylation sites is 1. The van der Waals surface area contributed by atoms with Gasteiger partial charge in [0.05, 0.1) is 22.6 Å². The molecule has 1 heterocycles. The van der Waals surface area contributed by atoms with E-state index in [1.807, 2.05) is 41.9 Å². The van der Waals surface area contributed by atoms with Crippen molar-refractivity contribution in [1.82, 2.24) is 9.78 Å². The van der Waals surface area contributed by atoms with Crippen molar-refractivity contribution in [2.45, 2.75) is 30.4 Å². The fraction of sp³-hybridized carbons (Fsp3) is 0.375. The smallest absolute Gasteiger partial charge is 0.167 e. The van der Waals surface area contributed by atoms with E-state index in [0.29, 0.717) is 6.42 Å². The number of nitrogens with zero attached hydrogens (tertiary/aromatic N) is 2. The van der Waals surface area contributed by atoms with E-state index in [0.717, 1.165) is 22.6 Å². The molecule has 0 unspecified atom stereocenters. The highest BCUT2D eigenvalue weighted by Gasteiger charge is 2.52. The molecule has 1 aromatic carbocycles. The highest BCUT2D eigenvalue weighted by atomic mass is 79.9. The predicted molar refractivity (Wildman–Crippen MR) is 90.6 cm³/mol. The number of rotatable bonds is 1. The third kappa shape index (κ3) is 2.13. The molecule has 21 heavy (non-hydrogen) atoms. The molecule has 0 atom stereocenters. The van der Waals surface area contributed by atoms with Gasteiger partial charge in [0.15, 0.2) is 5.78 Å². The highest BCUT2D eigenvalue weighted by Crippen LogP contribution is 2.58. The molecule has 0 saturated carbocycles. The van der Waals surface area contributed by atoms with Crippen molar-refractivity contribution < 1.29 is 4.79 Å². The second kappa shape index (κ2) is 4.78. The monoisotopic (exact) mass is 410 g/mol. The standard InChI is InChI=1S/C16H16Br2N2O/c1-10-13-12(21)9-15(2,3)16(17,18)14(13)20(19-10)11-7-5-4-6-8-11/h4-8H,9H2,1-3H3. The first kappa shape index (κ1) is 15.0. The van der Waals surface area contributed by atoms with Crippen LogP contribution in [0.25, 0.3) is 5.69 Å². The summed E-state index contributed by atoms with van der Waals surface area (Å²) in [5.74, 6) is 0.157. The number of hydrogen-bond acceptors (Lipinski definition) is 2. The molecule has 5 heteroatoms. The van der Waals surface area contributed by atoms with Crippen molar-refractivity contribution in [1.29, 1.82) is 0 Å². The summed E-state index contributed by atoms with van der Waals surface area (Å²) in [5, 5.41) is 4.61. The zero-order chi connectivity index (χ0) is 15.4. The molecular formula is C16H16Br2N2O. The summed E-state index contributed by atoms with van der Waals surface area (Å²) < 4.78 is 1.38. The quantitative estimate of drug-likeness (QED) is 0.635. The zero-order valence-electron chi connectivity index (χ0n) is 12.2. The van der Waals surface area contributed by atoms with Gasteiger partial charge in [-0.3, -0.25) is 4.79 Å². The van der Waals surface area contributed by atoms with Gasteiger partial charge < -0.3 is 0 Å². The molecule has 0 amide bonds. The SMILES string of the molecule is Cc1nn(-c2ccccc2)c2c1C(=O)CC(C)(C)C2(Br)Br. The maximum atomic E-state index is 12.6. The van der Waals surface area contributed by atoms with Crippen LogP contribution in [0, 0.1) is 12.3 Å². The van der Waals surface area contributed by atoms with E-state index in [1.165, 1.54) is 0 Å². The lowest BCUT2D eigenvalue weighted by Crippen LogP contribution is -2.40. The lowest BCUT2D eigenvalue weighted by molar-refractivity contribution is 0.0902. The van der Waals surface area contributed by atoms with Crippen molar-refractivity contribution in [3.05, 3.63) is 47.3 Å². The number of Topliss-reactive ketones (excluding diaryl/α,β-unsaturated/α-hetero) is 1. The number of hydrogen-bond donors (Lipinski definition) is 0. The van der Waals surface area contributed by atoms with Crippen LogP contribution < -0.4 is 0 Å². The Bertz CT molecular complexity index is 717. The van der Waals surface area contributed by atoms with Crippen LogP contribution in [0.3, 0.4) is 0 Å². The lowest BCUT2D eigenvalue weighted by Gasteiger charge is -2.41. The van der Waals surface area contributed by atoms with Gasteiger partial charge in [0.2, 0.25) is 0 Å². The first-order valence-corrected chi connectivity index (χ1v) is 8.41. The summed E-state index contributed by atoms with van der Waals surface area (Å²) in [7, 11) is 0. The maximum Gasteiger partial charge on any atom is 0.167 e. The molecule has 0 radical (unpaired) electrons. The van der Waals surface area contributed by atoms with E-state index < -0.39 is 3.23 Å². The van der Waals surface area contributed by atoms with Crippen molar-refractivity contribution >= 4 is 37.6 Å². The van der Waals surface area contributed by atoms with Crippen LogP contribution in [0.4, 0.5) is 0 Å². The van der Waals surface area contributed by atoms with E-state index in [4.69, 9.17) is 0 Å². The number of carbonyl (C=O) groups is 1. The van der Waals surface area contributed by atoms with Gasteiger partial charge in [-0.1, -0.05) is 63.9 Å². The molecule has 2 aromatic rings. The number of aryl methyl sites for hydroxylation is 1. The van der Waals surface area contributed by atoms with Gasteiger partial charge in [-0.25, -0.2) is 4.68 Å². The molecular weight excluding hydrogens is 396 g/mol. The number of alkyl halides is 2. The van der Waals surface area contributed by atoms with Crippen molar-refractivity contribution in [3.63, 3.8) is 0 Å². The first-order chi connectivity index (χ1) is 9.75. The van der Waals surface area contributed by atoms with Gasteiger partial charge in [0.1, 0.15) is 3.23 Å². The molecule has 0 bridgehead atoms. The van der Waals surface area contributed by atoms with Gasteiger partial charge in [-0.15, -0.1) is 0 Å². The van der Waals surface area contributed by atoms with Gasteiger partial charge in [0.25, 0.3) is 0 Å². The van der Waals surface area contributed by atoms with Crippen molar-refractivity contribution in [2.75, 3.05) is 0 Å². The van der Waals surface area contributed by atoms with Gasteiger partial charge >= 0.3 is 0 Å². The Balaban J connectivity index is 2.34. The van der Waals surface area contributed by atoms with Crippen LogP contribution in [0.5, 0.6) is 0 Å². The molecule has 0 saturated heterocycles. The summed E-state index contributed by atoms with van der Waals surface area (Å²) in [6.07, 6.45) is 0.484. The number of ketones is 1. The summed E-state index contributed by atoms with van der Waals surface area (Å²) in [4.78, 5) is 12.6. The number of halogens is 2. The second-order valence-electron chi connectivity index (χ2n) is 6.11. The number of carbonyl (C=O) groups excluding carboxylic acids is 1. The average Bonchev–Trinajstić information content (AvgIpc) is 2.76. The topological polar surface area (TPSA) is 34.9 Å².